The van der Waals surface area contributed by atoms with Gasteiger partial charge in [0.15, 0.2) is 0 Å². The molecule has 1 aliphatic heterocycles. The number of rotatable bonds is 1. The van der Waals surface area contributed by atoms with Crippen LogP contribution in [0.25, 0.3) is 0 Å². The number of aliphatic hydroxyl groups excluding tert-OH is 2. The van der Waals surface area contributed by atoms with Crippen LogP contribution in [0.15, 0.2) is 0 Å². The standard InChI is InChI=1S/C13H25NO2/c15-12-4-2-1-3-11(5-6-12)14-9-7-13(16)8-10-14/h11-13,15-16H,1-10H2. The zero-order chi connectivity index (χ0) is 11.4. The minimum Gasteiger partial charge on any atom is -0.393 e. The Bertz CT molecular complexity index is 202. The molecule has 0 bridgehead atoms. The van der Waals surface area contributed by atoms with Crippen molar-refractivity contribution in [2.75, 3.05) is 13.1 Å². The van der Waals surface area contributed by atoms with E-state index >= 15 is 0 Å². The van der Waals surface area contributed by atoms with Crippen molar-refractivity contribution in [3.63, 3.8) is 0 Å². The van der Waals surface area contributed by atoms with E-state index in [1.807, 2.05) is 0 Å². The summed E-state index contributed by atoms with van der Waals surface area (Å²) in [6, 6.07) is 0.655. The maximum absolute atomic E-state index is 9.71. The molecule has 0 aromatic heterocycles. The van der Waals surface area contributed by atoms with E-state index in [-0.39, 0.29) is 12.2 Å². The first-order valence-corrected chi connectivity index (χ1v) is 6.86. The van der Waals surface area contributed by atoms with Crippen LogP contribution in [0, 0.1) is 0 Å². The van der Waals surface area contributed by atoms with E-state index in [4.69, 9.17) is 0 Å². The third-order valence-corrected chi connectivity index (χ3v) is 4.17. The van der Waals surface area contributed by atoms with Gasteiger partial charge in [-0.2, -0.15) is 0 Å². The molecule has 2 fully saturated rings. The summed E-state index contributed by atoms with van der Waals surface area (Å²) in [5.41, 5.74) is 0. The van der Waals surface area contributed by atoms with Gasteiger partial charge in [-0.1, -0.05) is 12.8 Å². The fourth-order valence-corrected chi connectivity index (χ4v) is 3.05. The molecule has 1 saturated carbocycles. The van der Waals surface area contributed by atoms with Gasteiger partial charge < -0.3 is 15.1 Å². The van der Waals surface area contributed by atoms with Gasteiger partial charge >= 0.3 is 0 Å². The molecule has 94 valence electrons. The summed E-state index contributed by atoms with van der Waals surface area (Å²) >= 11 is 0. The Kier molecular flexibility index (Phi) is 4.62. The molecule has 0 aromatic carbocycles. The average molecular weight is 227 g/mol. The van der Waals surface area contributed by atoms with Crippen molar-refractivity contribution in [3.8, 4) is 0 Å². The Hall–Kier alpha value is -0.120. The minimum atomic E-state index is -0.0737. The molecule has 2 aliphatic rings. The van der Waals surface area contributed by atoms with Gasteiger partial charge in [0.1, 0.15) is 0 Å². The Morgan fingerprint density at radius 3 is 2.06 bits per heavy atom. The van der Waals surface area contributed by atoms with E-state index in [9.17, 15) is 10.2 Å². The lowest BCUT2D eigenvalue weighted by Gasteiger charge is -2.37. The molecule has 16 heavy (non-hydrogen) atoms. The molecule has 2 atom stereocenters. The van der Waals surface area contributed by atoms with Crippen molar-refractivity contribution in [2.45, 2.75) is 69.6 Å². The molecular weight excluding hydrogens is 202 g/mol. The number of hydrogen-bond donors (Lipinski definition) is 2. The van der Waals surface area contributed by atoms with Crippen molar-refractivity contribution in [2.24, 2.45) is 0 Å². The number of aliphatic hydroxyl groups is 2. The Morgan fingerprint density at radius 2 is 1.31 bits per heavy atom. The summed E-state index contributed by atoms with van der Waals surface area (Å²) in [4.78, 5) is 2.53. The fourth-order valence-electron chi connectivity index (χ4n) is 3.05. The average Bonchev–Trinajstić information content (AvgIpc) is 2.26. The first-order valence-electron chi connectivity index (χ1n) is 6.86. The molecule has 0 aromatic rings. The van der Waals surface area contributed by atoms with Crippen LogP contribution in [0.5, 0.6) is 0 Å². The maximum atomic E-state index is 9.71. The summed E-state index contributed by atoms with van der Waals surface area (Å²) in [5.74, 6) is 0. The molecule has 2 rings (SSSR count). The number of hydrogen-bond acceptors (Lipinski definition) is 3. The summed E-state index contributed by atoms with van der Waals surface area (Å²) in [7, 11) is 0. The van der Waals surface area contributed by atoms with E-state index < -0.39 is 0 Å². The first-order chi connectivity index (χ1) is 7.75. The van der Waals surface area contributed by atoms with Gasteiger partial charge in [-0.25, -0.2) is 0 Å². The predicted molar refractivity (Wildman–Crippen MR) is 64.3 cm³/mol. The summed E-state index contributed by atoms with van der Waals surface area (Å²) < 4.78 is 0. The van der Waals surface area contributed by atoms with Gasteiger partial charge in [0, 0.05) is 19.1 Å². The maximum Gasteiger partial charge on any atom is 0.0564 e. The van der Waals surface area contributed by atoms with Gasteiger partial charge in [-0.3, -0.25) is 0 Å². The van der Waals surface area contributed by atoms with Gasteiger partial charge in [0.25, 0.3) is 0 Å². The lowest BCUT2D eigenvalue weighted by Crippen LogP contribution is -2.43. The molecule has 1 aliphatic carbocycles. The van der Waals surface area contributed by atoms with Crippen LogP contribution in [-0.4, -0.2) is 46.5 Å². The Labute approximate surface area is 98.5 Å². The Morgan fingerprint density at radius 1 is 0.688 bits per heavy atom. The normalized spacial score (nSPS) is 35.6. The van der Waals surface area contributed by atoms with Gasteiger partial charge in [-0.15, -0.1) is 0 Å². The molecule has 3 nitrogen and oxygen atoms in total. The lowest BCUT2D eigenvalue weighted by atomic mass is 9.92. The summed E-state index contributed by atoms with van der Waals surface area (Å²) in [6.07, 6.45) is 8.51. The van der Waals surface area contributed by atoms with Crippen molar-refractivity contribution in [1.82, 2.24) is 4.90 Å². The van der Waals surface area contributed by atoms with Crippen LogP contribution >= 0.6 is 0 Å². The van der Waals surface area contributed by atoms with Crippen molar-refractivity contribution in [3.05, 3.63) is 0 Å². The highest BCUT2D eigenvalue weighted by atomic mass is 16.3. The molecule has 2 unspecified atom stereocenters. The third-order valence-electron chi connectivity index (χ3n) is 4.17. The molecule has 0 amide bonds. The predicted octanol–water partition coefficient (Wildman–Crippen LogP) is 1.53. The SMILES string of the molecule is OC1CCCCC(N2CCC(O)CC2)CC1. The van der Waals surface area contributed by atoms with E-state index in [0.717, 1.165) is 45.2 Å². The molecule has 3 heteroatoms. The molecule has 0 radical (unpaired) electrons. The topological polar surface area (TPSA) is 43.7 Å². The zero-order valence-electron chi connectivity index (χ0n) is 10.1. The first kappa shape index (κ1) is 12.3. The second-order valence-electron chi connectivity index (χ2n) is 5.44. The lowest BCUT2D eigenvalue weighted by molar-refractivity contribution is 0.0442. The second kappa shape index (κ2) is 5.99. The Balaban J connectivity index is 1.82. The molecule has 0 spiro atoms. The van der Waals surface area contributed by atoms with Crippen molar-refractivity contribution in [1.29, 1.82) is 0 Å². The van der Waals surface area contributed by atoms with Crippen LogP contribution in [0.1, 0.15) is 51.4 Å². The number of piperidine rings is 1. The van der Waals surface area contributed by atoms with E-state index in [0.29, 0.717) is 6.04 Å². The largest absolute Gasteiger partial charge is 0.393 e. The van der Waals surface area contributed by atoms with Crippen LogP contribution in [0.2, 0.25) is 0 Å². The summed E-state index contributed by atoms with van der Waals surface area (Å²) in [6.45, 7) is 2.09. The highest BCUT2D eigenvalue weighted by Gasteiger charge is 2.25. The molecule has 1 saturated heterocycles. The number of nitrogens with zero attached hydrogens (tertiary/aromatic N) is 1. The van der Waals surface area contributed by atoms with Crippen LogP contribution < -0.4 is 0 Å². The molecule has 2 N–H and O–H groups in total. The minimum absolute atomic E-state index is 0.0711. The van der Waals surface area contributed by atoms with Crippen molar-refractivity contribution >= 4 is 0 Å². The third kappa shape index (κ3) is 3.44. The highest BCUT2D eigenvalue weighted by molar-refractivity contribution is 4.80. The van der Waals surface area contributed by atoms with E-state index in [1.54, 1.807) is 0 Å². The van der Waals surface area contributed by atoms with Gasteiger partial charge in [0.05, 0.1) is 12.2 Å². The van der Waals surface area contributed by atoms with Crippen LogP contribution in [0.3, 0.4) is 0 Å². The van der Waals surface area contributed by atoms with E-state index in [1.165, 1.54) is 19.3 Å². The van der Waals surface area contributed by atoms with Gasteiger partial charge in [-0.05, 0) is 38.5 Å². The summed E-state index contributed by atoms with van der Waals surface area (Å²) in [5, 5.41) is 19.2. The quantitative estimate of drug-likeness (QED) is 0.714. The van der Waals surface area contributed by atoms with Crippen molar-refractivity contribution < 1.29 is 10.2 Å². The zero-order valence-corrected chi connectivity index (χ0v) is 10.1. The highest BCUT2D eigenvalue weighted by Crippen LogP contribution is 2.24. The van der Waals surface area contributed by atoms with Crippen LogP contribution in [0.4, 0.5) is 0 Å². The second-order valence-corrected chi connectivity index (χ2v) is 5.44. The molecule has 1 heterocycles. The van der Waals surface area contributed by atoms with Gasteiger partial charge in [0.2, 0.25) is 0 Å². The monoisotopic (exact) mass is 227 g/mol. The van der Waals surface area contributed by atoms with Crippen LogP contribution in [-0.2, 0) is 0 Å². The molecular formula is C13H25NO2. The smallest absolute Gasteiger partial charge is 0.0564 e. The fraction of sp³-hybridized carbons (Fsp3) is 1.00. The van der Waals surface area contributed by atoms with E-state index in [2.05, 4.69) is 4.90 Å². The number of likely N-dealkylation sites (tertiary alicyclic amines) is 1.